The number of anilines is 1. The molecule has 2 N–H and O–H groups in total. The number of sulfonamides is 1. The first-order chi connectivity index (χ1) is 17.5. The molecule has 3 atom stereocenters. The van der Waals surface area contributed by atoms with E-state index >= 15 is 0 Å². The number of carbonyl (C=O) groups is 2. The van der Waals surface area contributed by atoms with Crippen LogP contribution in [0.1, 0.15) is 42.6 Å². The zero-order valence-electron chi connectivity index (χ0n) is 21.7. The standard InChI is InChI=1S/C27H35N3O6S/c1-17-8-12-21(13-9-17)37(34,35)29(4)15-24-18(2)14-30(19(3)16-31)27(33)22-6-5-7-23(25(22)36-24)28-26(32)20-10-11-20/h5-9,12-13,18-20,24,31H,10-11,14-16H2,1-4H3,(H,28,32)/t18-,19-,24+/m0/s1. The van der Waals surface area contributed by atoms with Gasteiger partial charge in [-0.15, -0.1) is 0 Å². The third-order valence-electron chi connectivity index (χ3n) is 7.06. The van der Waals surface area contributed by atoms with E-state index in [1.54, 1.807) is 54.3 Å². The smallest absolute Gasteiger partial charge is 0.258 e. The van der Waals surface area contributed by atoms with Gasteiger partial charge in [-0.2, -0.15) is 4.31 Å². The number of aliphatic hydroxyl groups is 1. The van der Waals surface area contributed by atoms with E-state index in [0.717, 1.165) is 18.4 Å². The van der Waals surface area contributed by atoms with Crippen LogP contribution in [0.3, 0.4) is 0 Å². The summed E-state index contributed by atoms with van der Waals surface area (Å²) >= 11 is 0. The SMILES string of the molecule is Cc1ccc(S(=O)(=O)N(C)C[C@H]2Oc3c(NC(=O)C4CC4)cccc3C(=O)N([C@@H](C)CO)C[C@@H]2C)cc1. The largest absolute Gasteiger partial charge is 0.486 e. The Morgan fingerprint density at radius 3 is 2.51 bits per heavy atom. The van der Waals surface area contributed by atoms with Gasteiger partial charge in [0, 0.05) is 25.4 Å². The number of benzene rings is 2. The van der Waals surface area contributed by atoms with Crippen LogP contribution in [-0.2, 0) is 14.8 Å². The number of hydrogen-bond acceptors (Lipinski definition) is 6. The molecule has 0 saturated heterocycles. The molecule has 37 heavy (non-hydrogen) atoms. The highest BCUT2D eigenvalue weighted by Gasteiger charge is 2.37. The number of nitrogens with zero attached hydrogens (tertiary/aromatic N) is 2. The van der Waals surface area contributed by atoms with Crippen molar-refractivity contribution in [1.29, 1.82) is 0 Å². The molecule has 1 aliphatic heterocycles. The summed E-state index contributed by atoms with van der Waals surface area (Å²) in [5, 5.41) is 12.7. The number of hydrogen-bond donors (Lipinski definition) is 2. The molecule has 2 aliphatic rings. The predicted molar refractivity (Wildman–Crippen MR) is 140 cm³/mol. The fraction of sp³-hybridized carbons (Fsp3) is 0.481. The molecule has 9 nitrogen and oxygen atoms in total. The average molecular weight is 530 g/mol. The van der Waals surface area contributed by atoms with Crippen LogP contribution in [0.15, 0.2) is 47.4 Å². The van der Waals surface area contributed by atoms with Crippen LogP contribution in [0.4, 0.5) is 5.69 Å². The quantitative estimate of drug-likeness (QED) is 0.543. The fourth-order valence-electron chi connectivity index (χ4n) is 4.38. The van der Waals surface area contributed by atoms with E-state index in [9.17, 15) is 23.1 Å². The van der Waals surface area contributed by atoms with Crippen LogP contribution in [0.25, 0.3) is 0 Å². The van der Waals surface area contributed by atoms with Crippen molar-refractivity contribution < 1.29 is 27.9 Å². The minimum atomic E-state index is -3.79. The van der Waals surface area contributed by atoms with Crippen LogP contribution in [0.2, 0.25) is 0 Å². The molecule has 1 fully saturated rings. The third-order valence-corrected chi connectivity index (χ3v) is 8.90. The van der Waals surface area contributed by atoms with Gasteiger partial charge in [-0.1, -0.05) is 30.7 Å². The lowest BCUT2D eigenvalue weighted by Crippen LogP contribution is -2.50. The van der Waals surface area contributed by atoms with Crippen molar-refractivity contribution >= 4 is 27.5 Å². The Hall–Kier alpha value is -2.95. The molecule has 4 rings (SSSR count). The first-order valence-corrected chi connectivity index (χ1v) is 14.0. The topological polar surface area (TPSA) is 116 Å². The third kappa shape index (κ3) is 5.81. The Kier molecular flexibility index (Phi) is 7.91. The summed E-state index contributed by atoms with van der Waals surface area (Å²) in [4.78, 5) is 27.9. The molecule has 0 radical (unpaired) electrons. The van der Waals surface area contributed by atoms with Gasteiger partial charge in [0.2, 0.25) is 15.9 Å². The highest BCUT2D eigenvalue weighted by Crippen LogP contribution is 2.37. The number of carbonyl (C=O) groups excluding carboxylic acids is 2. The number of para-hydroxylation sites is 1. The Bertz CT molecular complexity index is 1260. The van der Waals surface area contributed by atoms with E-state index < -0.39 is 22.2 Å². The summed E-state index contributed by atoms with van der Waals surface area (Å²) in [5.74, 6) is -0.560. The maximum Gasteiger partial charge on any atom is 0.258 e. The molecule has 2 amide bonds. The Morgan fingerprint density at radius 1 is 1.22 bits per heavy atom. The first kappa shape index (κ1) is 27.1. The van der Waals surface area contributed by atoms with Crippen molar-refractivity contribution in [3.05, 3.63) is 53.6 Å². The molecule has 10 heteroatoms. The van der Waals surface area contributed by atoms with Crippen molar-refractivity contribution in [2.75, 3.05) is 32.1 Å². The molecular formula is C27H35N3O6S. The molecule has 0 unspecified atom stereocenters. The van der Waals surface area contributed by atoms with Crippen molar-refractivity contribution in [1.82, 2.24) is 9.21 Å². The second-order valence-corrected chi connectivity index (χ2v) is 12.2. The summed E-state index contributed by atoms with van der Waals surface area (Å²) in [6, 6.07) is 11.2. The minimum absolute atomic E-state index is 0.0251. The Balaban J connectivity index is 1.70. The molecule has 1 saturated carbocycles. The van der Waals surface area contributed by atoms with Crippen LogP contribution < -0.4 is 10.1 Å². The van der Waals surface area contributed by atoms with Gasteiger partial charge in [0.05, 0.1) is 35.3 Å². The zero-order chi connectivity index (χ0) is 26.9. The van der Waals surface area contributed by atoms with Gasteiger partial charge >= 0.3 is 0 Å². The van der Waals surface area contributed by atoms with E-state index in [-0.39, 0.29) is 59.6 Å². The van der Waals surface area contributed by atoms with Crippen molar-refractivity contribution in [3.63, 3.8) is 0 Å². The predicted octanol–water partition coefficient (Wildman–Crippen LogP) is 2.88. The Labute approximate surface area is 218 Å². The van der Waals surface area contributed by atoms with Crippen molar-refractivity contribution in [3.8, 4) is 5.75 Å². The number of aryl methyl sites for hydroxylation is 1. The second kappa shape index (κ2) is 10.8. The molecule has 1 heterocycles. The van der Waals surface area contributed by atoms with Gasteiger partial charge < -0.3 is 20.1 Å². The summed E-state index contributed by atoms with van der Waals surface area (Å²) in [7, 11) is -2.29. The molecule has 0 aromatic heterocycles. The van der Waals surface area contributed by atoms with Crippen LogP contribution in [0, 0.1) is 18.8 Å². The number of aliphatic hydroxyl groups excluding tert-OH is 1. The van der Waals surface area contributed by atoms with Crippen LogP contribution in [-0.4, -0.2) is 73.4 Å². The fourth-order valence-corrected chi connectivity index (χ4v) is 5.56. The normalized spacial score (nSPS) is 21.0. The summed E-state index contributed by atoms with van der Waals surface area (Å²) in [5.41, 5.74) is 1.59. The average Bonchev–Trinajstić information content (AvgIpc) is 3.72. The lowest BCUT2D eigenvalue weighted by molar-refractivity contribution is -0.117. The van der Waals surface area contributed by atoms with Gasteiger partial charge in [0.1, 0.15) is 6.10 Å². The lowest BCUT2D eigenvalue weighted by Gasteiger charge is -2.38. The summed E-state index contributed by atoms with van der Waals surface area (Å²) < 4.78 is 34.3. The number of likely N-dealkylation sites (N-methyl/N-ethyl adjacent to an activating group) is 1. The summed E-state index contributed by atoms with van der Waals surface area (Å²) in [6.45, 7) is 5.60. The summed E-state index contributed by atoms with van der Waals surface area (Å²) in [6.07, 6.45) is 1.01. The monoisotopic (exact) mass is 529 g/mol. The highest BCUT2D eigenvalue weighted by molar-refractivity contribution is 7.89. The molecule has 0 bridgehead atoms. The second-order valence-electron chi connectivity index (χ2n) is 10.2. The lowest BCUT2D eigenvalue weighted by atomic mass is 9.99. The molecule has 2 aromatic carbocycles. The molecule has 200 valence electrons. The highest BCUT2D eigenvalue weighted by atomic mass is 32.2. The minimum Gasteiger partial charge on any atom is -0.486 e. The van der Waals surface area contributed by atoms with Crippen LogP contribution in [0.5, 0.6) is 5.75 Å². The van der Waals surface area contributed by atoms with E-state index in [1.807, 2.05) is 13.8 Å². The van der Waals surface area contributed by atoms with Gasteiger partial charge in [-0.25, -0.2) is 8.42 Å². The molecule has 0 spiro atoms. The van der Waals surface area contributed by atoms with E-state index in [2.05, 4.69) is 5.32 Å². The number of fused-ring (bicyclic) bond motifs is 1. The number of ether oxygens (including phenoxy) is 1. The van der Waals surface area contributed by atoms with E-state index in [4.69, 9.17) is 4.74 Å². The van der Waals surface area contributed by atoms with Gasteiger partial charge in [0.15, 0.2) is 5.75 Å². The van der Waals surface area contributed by atoms with E-state index in [0.29, 0.717) is 5.69 Å². The van der Waals surface area contributed by atoms with E-state index in [1.165, 1.54) is 11.4 Å². The zero-order valence-corrected chi connectivity index (χ0v) is 22.5. The van der Waals surface area contributed by atoms with Gasteiger partial charge in [-0.05, 0) is 51.0 Å². The van der Waals surface area contributed by atoms with Crippen LogP contribution >= 0.6 is 0 Å². The number of rotatable bonds is 8. The maximum atomic E-state index is 13.5. The number of amides is 2. The van der Waals surface area contributed by atoms with Gasteiger partial charge in [0.25, 0.3) is 5.91 Å². The van der Waals surface area contributed by atoms with Crippen molar-refractivity contribution in [2.24, 2.45) is 11.8 Å². The number of nitrogens with one attached hydrogen (secondary N) is 1. The first-order valence-electron chi connectivity index (χ1n) is 12.6. The molecule has 1 aliphatic carbocycles. The van der Waals surface area contributed by atoms with Crippen molar-refractivity contribution in [2.45, 2.75) is 50.7 Å². The van der Waals surface area contributed by atoms with Gasteiger partial charge in [-0.3, -0.25) is 9.59 Å². The maximum absolute atomic E-state index is 13.5. The Morgan fingerprint density at radius 2 is 1.89 bits per heavy atom. The molecular weight excluding hydrogens is 494 g/mol. The molecule has 2 aromatic rings.